The average Bonchev–Trinajstić information content (AvgIpc) is 2.78. The molecule has 2 saturated heterocycles. The van der Waals surface area contributed by atoms with Crippen molar-refractivity contribution in [3.05, 3.63) is 0 Å². The predicted octanol–water partition coefficient (Wildman–Crippen LogP) is 1.93. The number of rotatable bonds is 2. The van der Waals surface area contributed by atoms with Crippen molar-refractivity contribution >= 4 is 0 Å². The molecule has 4 heteroatoms. The fourth-order valence-corrected chi connectivity index (χ4v) is 1.43. The summed E-state index contributed by atoms with van der Waals surface area (Å²) in [5, 5.41) is 0. The van der Waals surface area contributed by atoms with E-state index in [4.69, 9.17) is 18.9 Å². The van der Waals surface area contributed by atoms with Gasteiger partial charge in [0.25, 0.3) is 0 Å². The van der Waals surface area contributed by atoms with Crippen LogP contribution < -0.4 is 0 Å². The third-order valence-electron chi connectivity index (χ3n) is 2.20. The van der Waals surface area contributed by atoms with Crippen LogP contribution in [-0.4, -0.2) is 38.5 Å². The van der Waals surface area contributed by atoms with Gasteiger partial charge in [-0.1, -0.05) is 13.3 Å². The van der Waals surface area contributed by atoms with Crippen molar-refractivity contribution in [2.45, 2.75) is 45.7 Å². The zero-order valence-corrected chi connectivity index (χ0v) is 9.95. The van der Waals surface area contributed by atoms with Gasteiger partial charge in [0.1, 0.15) is 0 Å². The Bertz CT molecular complexity index is 156. The van der Waals surface area contributed by atoms with E-state index in [1.165, 1.54) is 0 Å². The molecule has 0 spiro atoms. The van der Waals surface area contributed by atoms with Gasteiger partial charge in [-0.05, 0) is 20.3 Å². The monoisotopic (exact) mass is 218 g/mol. The molecule has 2 aliphatic heterocycles. The van der Waals surface area contributed by atoms with Gasteiger partial charge in [0.05, 0.1) is 26.4 Å². The first-order chi connectivity index (χ1) is 7.14. The van der Waals surface area contributed by atoms with Crippen LogP contribution in [0.25, 0.3) is 0 Å². The van der Waals surface area contributed by atoms with Crippen LogP contribution in [0.4, 0.5) is 0 Å². The summed E-state index contributed by atoms with van der Waals surface area (Å²) < 4.78 is 20.6. The van der Waals surface area contributed by atoms with E-state index in [2.05, 4.69) is 6.92 Å². The molecule has 2 heterocycles. The lowest BCUT2D eigenvalue weighted by atomic mass is 10.3. The second kappa shape index (κ2) is 6.43. The minimum atomic E-state index is -0.306. The largest absolute Gasteiger partial charge is 0.350 e. The first-order valence-electron chi connectivity index (χ1n) is 5.65. The van der Waals surface area contributed by atoms with E-state index in [0.717, 1.165) is 39.3 Å². The summed E-state index contributed by atoms with van der Waals surface area (Å²) in [4.78, 5) is 0. The first-order valence-corrected chi connectivity index (χ1v) is 5.65. The van der Waals surface area contributed by atoms with Crippen LogP contribution in [0.15, 0.2) is 0 Å². The lowest BCUT2D eigenvalue weighted by Crippen LogP contribution is -2.18. The van der Waals surface area contributed by atoms with Crippen LogP contribution in [0.3, 0.4) is 0 Å². The molecule has 2 aliphatic rings. The first kappa shape index (κ1) is 12.9. The number of hydrogen-bond donors (Lipinski definition) is 0. The molecular formula is C11H22O4. The average molecular weight is 218 g/mol. The van der Waals surface area contributed by atoms with Gasteiger partial charge in [0.15, 0.2) is 12.1 Å². The normalized spacial score (nSPS) is 25.0. The van der Waals surface area contributed by atoms with E-state index < -0.39 is 0 Å². The van der Waals surface area contributed by atoms with E-state index in [0.29, 0.717) is 0 Å². The van der Waals surface area contributed by atoms with Gasteiger partial charge < -0.3 is 18.9 Å². The predicted molar refractivity (Wildman–Crippen MR) is 56.6 cm³/mol. The molecule has 90 valence electrons. The third-order valence-corrected chi connectivity index (χ3v) is 2.20. The SMILES string of the molecule is CC1(C)OCCO1.CCCC1OCCO1. The van der Waals surface area contributed by atoms with Gasteiger partial charge in [-0.15, -0.1) is 0 Å². The van der Waals surface area contributed by atoms with Gasteiger partial charge in [0.2, 0.25) is 0 Å². The molecule has 0 saturated carbocycles. The second-order valence-corrected chi connectivity index (χ2v) is 4.06. The summed E-state index contributed by atoms with van der Waals surface area (Å²) in [6.45, 7) is 9.01. The fourth-order valence-electron chi connectivity index (χ4n) is 1.43. The summed E-state index contributed by atoms with van der Waals surface area (Å²) in [5.74, 6) is -0.306. The topological polar surface area (TPSA) is 36.9 Å². The van der Waals surface area contributed by atoms with Crippen LogP contribution in [0.2, 0.25) is 0 Å². The minimum absolute atomic E-state index is 0.111. The smallest absolute Gasteiger partial charge is 0.162 e. The summed E-state index contributed by atoms with van der Waals surface area (Å²) in [5.41, 5.74) is 0. The lowest BCUT2D eigenvalue weighted by molar-refractivity contribution is -0.125. The van der Waals surface area contributed by atoms with Gasteiger partial charge in [-0.25, -0.2) is 0 Å². The molecule has 15 heavy (non-hydrogen) atoms. The van der Waals surface area contributed by atoms with E-state index in [9.17, 15) is 0 Å². The number of hydrogen-bond acceptors (Lipinski definition) is 4. The van der Waals surface area contributed by atoms with Crippen molar-refractivity contribution in [3.63, 3.8) is 0 Å². The standard InChI is InChI=1S/C6H12O2.C5H10O2/c1-2-3-6-7-4-5-8-6;1-5(2)6-3-4-7-5/h6H,2-5H2,1H3;3-4H2,1-2H3. The maximum atomic E-state index is 5.17. The molecule has 0 aromatic heterocycles. The molecule has 0 atom stereocenters. The van der Waals surface area contributed by atoms with Crippen LogP contribution in [0.5, 0.6) is 0 Å². The molecular weight excluding hydrogens is 196 g/mol. The van der Waals surface area contributed by atoms with Crippen molar-refractivity contribution in [2.24, 2.45) is 0 Å². The van der Waals surface area contributed by atoms with Gasteiger partial charge in [-0.3, -0.25) is 0 Å². The van der Waals surface area contributed by atoms with Crippen molar-refractivity contribution in [1.29, 1.82) is 0 Å². The summed E-state index contributed by atoms with van der Waals surface area (Å²) >= 11 is 0. The van der Waals surface area contributed by atoms with E-state index >= 15 is 0 Å². The zero-order chi connectivity index (χ0) is 11.1. The highest BCUT2D eigenvalue weighted by atomic mass is 16.7. The molecule has 0 unspecified atom stereocenters. The van der Waals surface area contributed by atoms with Crippen LogP contribution in [0.1, 0.15) is 33.6 Å². The van der Waals surface area contributed by atoms with Crippen LogP contribution >= 0.6 is 0 Å². The highest BCUT2D eigenvalue weighted by Crippen LogP contribution is 2.15. The maximum absolute atomic E-state index is 5.17. The van der Waals surface area contributed by atoms with Gasteiger partial charge in [-0.2, -0.15) is 0 Å². The molecule has 0 radical (unpaired) electrons. The Labute approximate surface area is 91.8 Å². The zero-order valence-electron chi connectivity index (χ0n) is 9.95. The second-order valence-electron chi connectivity index (χ2n) is 4.06. The third kappa shape index (κ3) is 5.47. The molecule has 0 amide bonds. The van der Waals surface area contributed by atoms with Crippen LogP contribution in [-0.2, 0) is 18.9 Å². The molecule has 0 bridgehead atoms. The Hall–Kier alpha value is -0.160. The molecule has 2 rings (SSSR count). The maximum Gasteiger partial charge on any atom is 0.162 e. The van der Waals surface area contributed by atoms with Crippen molar-refractivity contribution in [1.82, 2.24) is 0 Å². The number of ether oxygens (including phenoxy) is 4. The highest BCUT2D eigenvalue weighted by Gasteiger charge is 2.23. The Morgan fingerprint density at radius 3 is 1.87 bits per heavy atom. The molecule has 0 aromatic carbocycles. The van der Waals surface area contributed by atoms with E-state index in [1.807, 2.05) is 13.8 Å². The van der Waals surface area contributed by atoms with Gasteiger partial charge >= 0.3 is 0 Å². The molecule has 4 nitrogen and oxygen atoms in total. The summed E-state index contributed by atoms with van der Waals surface area (Å²) in [6, 6.07) is 0. The summed E-state index contributed by atoms with van der Waals surface area (Å²) in [7, 11) is 0. The molecule has 2 fully saturated rings. The molecule has 0 N–H and O–H groups in total. The quantitative estimate of drug-likeness (QED) is 0.709. The van der Waals surface area contributed by atoms with E-state index in [1.54, 1.807) is 0 Å². The highest BCUT2D eigenvalue weighted by molar-refractivity contribution is 4.58. The van der Waals surface area contributed by atoms with Gasteiger partial charge in [0, 0.05) is 0 Å². The molecule has 0 aromatic rings. The Morgan fingerprint density at radius 2 is 1.53 bits per heavy atom. The van der Waals surface area contributed by atoms with Crippen molar-refractivity contribution in [2.75, 3.05) is 26.4 Å². The minimum Gasteiger partial charge on any atom is -0.350 e. The van der Waals surface area contributed by atoms with Crippen LogP contribution in [0, 0.1) is 0 Å². The van der Waals surface area contributed by atoms with E-state index in [-0.39, 0.29) is 12.1 Å². The molecule has 0 aliphatic carbocycles. The fraction of sp³-hybridized carbons (Fsp3) is 1.00. The van der Waals surface area contributed by atoms with Crippen molar-refractivity contribution in [3.8, 4) is 0 Å². The summed E-state index contributed by atoms with van der Waals surface area (Å²) in [6.07, 6.45) is 2.30. The Morgan fingerprint density at radius 1 is 1.00 bits per heavy atom. The lowest BCUT2D eigenvalue weighted by Gasteiger charge is -2.13. The van der Waals surface area contributed by atoms with Crippen molar-refractivity contribution < 1.29 is 18.9 Å². The Kier molecular flexibility index (Phi) is 5.53. The Balaban J connectivity index is 0.000000151.